The van der Waals surface area contributed by atoms with Crippen molar-refractivity contribution in [2.24, 2.45) is 29.6 Å². The maximum atomic E-state index is 13.5. The Bertz CT molecular complexity index is 1670. The lowest BCUT2D eigenvalue weighted by Crippen LogP contribution is -2.52. The molecule has 2 aromatic heterocycles. The first-order valence-corrected chi connectivity index (χ1v) is 19.0. The van der Waals surface area contributed by atoms with E-state index in [1.165, 1.54) is 13.3 Å². The Kier molecular flexibility index (Phi) is 17.1. The fourth-order valence-corrected chi connectivity index (χ4v) is 6.93. The van der Waals surface area contributed by atoms with E-state index in [2.05, 4.69) is 16.9 Å². The summed E-state index contributed by atoms with van der Waals surface area (Å²) in [5.74, 6) is -0.933. The Morgan fingerprint density at radius 2 is 1.72 bits per heavy atom. The number of esters is 3. The second kappa shape index (κ2) is 21.2. The standard InChI is InChI=1S/C40H58N6O8/c1-9-10-26(2)19-30(6)40(51)53-24-32(23-52-31(7)47)54-37(50)21-28(4)12-11-27(3)20-36(49)46-18-15-33-38(42-25-43-39(33)46)44(8)34-22-45(17-14-29(34)5)35(48)13-16-41/h9-10,15,18,25-30,32,34H,11-14,17,19-24H2,1-8H3/b10-9-/t26?,27?,28?,29-,30?,32?,34+/m1/s1. The van der Waals surface area contributed by atoms with E-state index in [0.29, 0.717) is 43.8 Å². The molecule has 0 aliphatic carbocycles. The zero-order valence-electron chi connectivity index (χ0n) is 33.2. The Morgan fingerprint density at radius 1 is 1.04 bits per heavy atom. The molecule has 14 nitrogen and oxygen atoms in total. The van der Waals surface area contributed by atoms with Crippen molar-refractivity contribution in [3.63, 3.8) is 0 Å². The molecule has 296 valence electrons. The molecule has 0 saturated carbocycles. The summed E-state index contributed by atoms with van der Waals surface area (Å²) in [5, 5.41) is 9.73. The van der Waals surface area contributed by atoms with Crippen LogP contribution in [0, 0.1) is 40.9 Å². The van der Waals surface area contributed by atoms with Crippen LogP contribution in [-0.2, 0) is 33.4 Å². The molecule has 14 heteroatoms. The first kappa shape index (κ1) is 43.6. The van der Waals surface area contributed by atoms with Gasteiger partial charge in [-0.05, 0) is 62.3 Å². The van der Waals surface area contributed by atoms with E-state index >= 15 is 0 Å². The Hall–Kier alpha value is -4.80. The van der Waals surface area contributed by atoms with Crippen molar-refractivity contribution in [2.45, 2.75) is 106 Å². The molecule has 1 saturated heterocycles. The smallest absolute Gasteiger partial charge is 0.308 e. The Labute approximate surface area is 319 Å². The topological polar surface area (TPSA) is 174 Å². The minimum Gasteiger partial charge on any atom is -0.462 e. The average molecular weight is 751 g/mol. The van der Waals surface area contributed by atoms with Crippen molar-refractivity contribution in [1.29, 1.82) is 5.26 Å². The van der Waals surface area contributed by atoms with Crippen LogP contribution in [0.15, 0.2) is 30.7 Å². The molecule has 3 rings (SSSR count). The number of carbonyl (C=O) groups excluding carboxylic acids is 5. The van der Waals surface area contributed by atoms with Crippen molar-refractivity contribution in [3.05, 3.63) is 30.7 Å². The molecular formula is C40H58N6O8. The van der Waals surface area contributed by atoms with Gasteiger partial charge in [-0.1, -0.05) is 46.8 Å². The summed E-state index contributed by atoms with van der Waals surface area (Å²) < 4.78 is 17.6. The van der Waals surface area contributed by atoms with Crippen LogP contribution in [0.4, 0.5) is 5.82 Å². The predicted molar refractivity (Wildman–Crippen MR) is 203 cm³/mol. The third-order valence-electron chi connectivity index (χ3n) is 10.1. The largest absolute Gasteiger partial charge is 0.462 e. The highest BCUT2D eigenvalue weighted by atomic mass is 16.6. The molecule has 3 heterocycles. The van der Waals surface area contributed by atoms with Crippen LogP contribution >= 0.6 is 0 Å². The zero-order valence-corrected chi connectivity index (χ0v) is 33.2. The minimum atomic E-state index is -0.922. The maximum Gasteiger partial charge on any atom is 0.308 e. The Balaban J connectivity index is 1.53. The fourth-order valence-electron chi connectivity index (χ4n) is 6.93. The summed E-state index contributed by atoms with van der Waals surface area (Å²) in [6.07, 6.45) is 9.22. The molecule has 1 fully saturated rings. The number of rotatable bonds is 19. The van der Waals surface area contributed by atoms with Gasteiger partial charge in [0.15, 0.2) is 11.8 Å². The quantitative estimate of drug-likeness (QED) is 0.0968. The van der Waals surface area contributed by atoms with Gasteiger partial charge in [-0.15, -0.1) is 0 Å². The number of nitriles is 1. The number of carbonyl (C=O) groups is 5. The summed E-state index contributed by atoms with van der Waals surface area (Å²) >= 11 is 0. The maximum absolute atomic E-state index is 13.5. The van der Waals surface area contributed by atoms with Gasteiger partial charge in [0.1, 0.15) is 31.8 Å². The van der Waals surface area contributed by atoms with Gasteiger partial charge in [-0.25, -0.2) is 9.97 Å². The zero-order chi connectivity index (χ0) is 39.9. The Morgan fingerprint density at radius 3 is 2.39 bits per heavy atom. The van der Waals surface area contributed by atoms with Crippen molar-refractivity contribution in [1.82, 2.24) is 19.4 Å². The van der Waals surface area contributed by atoms with E-state index in [-0.39, 0.29) is 79.9 Å². The van der Waals surface area contributed by atoms with E-state index in [1.807, 2.05) is 63.9 Å². The lowest BCUT2D eigenvalue weighted by Gasteiger charge is -2.42. The van der Waals surface area contributed by atoms with Crippen molar-refractivity contribution in [3.8, 4) is 6.07 Å². The van der Waals surface area contributed by atoms with Gasteiger partial charge < -0.3 is 24.0 Å². The molecule has 1 aliphatic rings. The summed E-state index contributed by atoms with van der Waals surface area (Å²) in [5.41, 5.74) is 0.507. The second-order valence-corrected chi connectivity index (χ2v) is 15.0. The normalized spacial score (nSPS) is 18.6. The minimum absolute atomic E-state index is 0.0195. The molecule has 1 amide bonds. The third kappa shape index (κ3) is 13.0. The number of fused-ring (bicyclic) bond motifs is 1. The van der Waals surface area contributed by atoms with Gasteiger partial charge in [0.05, 0.1) is 23.4 Å². The fraction of sp³-hybridized carbons (Fsp3) is 0.650. The summed E-state index contributed by atoms with van der Waals surface area (Å²) in [4.78, 5) is 75.6. The van der Waals surface area contributed by atoms with Gasteiger partial charge >= 0.3 is 17.9 Å². The predicted octanol–water partition coefficient (Wildman–Crippen LogP) is 5.75. The highest BCUT2D eigenvalue weighted by Crippen LogP contribution is 2.30. The highest BCUT2D eigenvalue weighted by Gasteiger charge is 2.33. The molecule has 5 unspecified atom stereocenters. The monoisotopic (exact) mass is 750 g/mol. The number of anilines is 1. The molecule has 1 aliphatic heterocycles. The molecule has 0 N–H and O–H groups in total. The van der Waals surface area contributed by atoms with E-state index in [1.54, 1.807) is 22.6 Å². The molecule has 0 radical (unpaired) electrons. The number of hydrogen-bond donors (Lipinski definition) is 0. The number of aromatic nitrogens is 3. The van der Waals surface area contributed by atoms with Crippen LogP contribution in [0.5, 0.6) is 0 Å². The van der Waals surface area contributed by atoms with Crippen LogP contribution in [0.2, 0.25) is 0 Å². The molecule has 2 aromatic rings. The second-order valence-electron chi connectivity index (χ2n) is 15.0. The molecular weight excluding hydrogens is 692 g/mol. The van der Waals surface area contributed by atoms with Crippen molar-refractivity contribution < 1.29 is 38.2 Å². The number of nitrogens with zero attached hydrogens (tertiary/aromatic N) is 6. The number of likely N-dealkylation sites (tertiary alicyclic amines) is 1. The number of amides is 1. The first-order chi connectivity index (χ1) is 25.6. The first-order valence-electron chi connectivity index (χ1n) is 19.0. The van der Waals surface area contributed by atoms with Crippen LogP contribution in [0.3, 0.4) is 0 Å². The van der Waals surface area contributed by atoms with Crippen molar-refractivity contribution >= 4 is 46.6 Å². The average Bonchev–Trinajstić information content (AvgIpc) is 3.56. The molecule has 0 aromatic carbocycles. The van der Waals surface area contributed by atoms with Crippen LogP contribution in [-0.4, -0.2) is 94.7 Å². The number of piperidine rings is 1. The highest BCUT2D eigenvalue weighted by molar-refractivity contribution is 5.95. The third-order valence-corrected chi connectivity index (χ3v) is 10.1. The molecule has 7 atom stereocenters. The van der Waals surface area contributed by atoms with Gasteiger partial charge in [-0.2, -0.15) is 5.26 Å². The van der Waals surface area contributed by atoms with Crippen molar-refractivity contribution in [2.75, 3.05) is 38.3 Å². The van der Waals surface area contributed by atoms with E-state index in [0.717, 1.165) is 11.8 Å². The molecule has 0 spiro atoms. The SMILES string of the molecule is C/C=C\C(C)CC(C)C(=O)OCC(COC(C)=O)OC(=O)CC(C)CCC(C)CC(=O)n1ccc2c(N(C)[C@H]3CN(C(=O)CC#N)CC[C@H]3C)ncnc21. The summed E-state index contributed by atoms with van der Waals surface area (Å²) in [6, 6.07) is 3.76. The van der Waals surface area contributed by atoms with Crippen LogP contribution < -0.4 is 4.90 Å². The number of allylic oxidation sites excluding steroid dienone is 2. The van der Waals surface area contributed by atoms with E-state index < -0.39 is 24.0 Å². The van der Waals surface area contributed by atoms with E-state index in [4.69, 9.17) is 19.5 Å². The molecule has 0 bridgehead atoms. The van der Waals surface area contributed by atoms with Crippen LogP contribution in [0.1, 0.15) is 98.2 Å². The number of hydrogen-bond acceptors (Lipinski definition) is 12. The van der Waals surface area contributed by atoms with E-state index in [9.17, 15) is 24.0 Å². The van der Waals surface area contributed by atoms with Crippen LogP contribution in [0.25, 0.3) is 11.0 Å². The lowest BCUT2D eigenvalue weighted by atomic mass is 9.92. The molecule has 54 heavy (non-hydrogen) atoms. The number of ether oxygens (including phenoxy) is 3. The van der Waals surface area contributed by atoms with Gasteiger partial charge in [0.25, 0.3) is 0 Å². The number of likely N-dealkylation sites (N-methyl/N-ethyl adjacent to an activating group) is 1. The van der Waals surface area contributed by atoms with Gasteiger partial charge in [0, 0.05) is 46.1 Å². The lowest BCUT2D eigenvalue weighted by molar-refractivity contribution is -0.168. The summed E-state index contributed by atoms with van der Waals surface area (Å²) in [6.45, 7) is 13.7. The summed E-state index contributed by atoms with van der Waals surface area (Å²) in [7, 11) is 1.93. The van der Waals surface area contributed by atoms with Gasteiger partial charge in [-0.3, -0.25) is 28.5 Å². The van der Waals surface area contributed by atoms with Gasteiger partial charge in [0.2, 0.25) is 11.8 Å².